The van der Waals surface area contributed by atoms with E-state index in [2.05, 4.69) is 10.6 Å². The topological polar surface area (TPSA) is 67.4 Å². The lowest BCUT2D eigenvalue weighted by Gasteiger charge is -2.10. The van der Waals surface area contributed by atoms with Gasteiger partial charge in [-0.1, -0.05) is 42.5 Å². The fourth-order valence-electron chi connectivity index (χ4n) is 2.77. The monoisotopic (exact) mass is 388 g/mol. The zero-order valence-electron chi connectivity index (χ0n) is 16.4. The second-order valence-corrected chi connectivity index (χ2v) is 6.66. The molecule has 0 heterocycles. The zero-order valence-corrected chi connectivity index (χ0v) is 16.4. The highest BCUT2D eigenvalue weighted by Gasteiger charge is 2.04. The largest absolute Gasteiger partial charge is 0.489 e. The molecule has 5 heteroatoms. The van der Waals surface area contributed by atoms with E-state index in [1.54, 1.807) is 12.1 Å². The summed E-state index contributed by atoms with van der Waals surface area (Å²) in [6.45, 7) is 2.51. The van der Waals surface area contributed by atoms with Crippen molar-refractivity contribution in [3.8, 4) is 5.75 Å². The number of nitrogens with one attached hydrogen (secondary N) is 2. The standard InChI is InChI=1S/C24H24N2O3/c1-18(27)20-8-5-9-22(16-20)25-15-14-24(28)26-21-10-12-23(13-11-21)29-17-19-6-3-2-4-7-19/h2-13,16,25H,14-15,17H2,1H3,(H,26,28). The van der Waals surface area contributed by atoms with Crippen molar-refractivity contribution in [2.45, 2.75) is 20.0 Å². The Balaban J connectivity index is 1.42. The van der Waals surface area contributed by atoms with Crippen LogP contribution in [0, 0.1) is 0 Å². The molecule has 3 aromatic carbocycles. The van der Waals surface area contributed by atoms with Gasteiger partial charge in [-0.25, -0.2) is 0 Å². The van der Waals surface area contributed by atoms with E-state index in [4.69, 9.17) is 4.74 Å². The molecular formula is C24H24N2O3. The normalized spacial score (nSPS) is 10.2. The van der Waals surface area contributed by atoms with Crippen LogP contribution in [-0.2, 0) is 11.4 Å². The van der Waals surface area contributed by atoms with Gasteiger partial charge in [0.1, 0.15) is 12.4 Å². The van der Waals surface area contributed by atoms with Crippen molar-refractivity contribution in [2.24, 2.45) is 0 Å². The third kappa shape index (κ3) is 6.50. The number of rotatable bonds is 9. The van der Waals surface area contributed by atoms with Crippen molar-refractivity contribution in [3.05, 3.63) is 90.0 Å². The summed E-state index contributed by atoms with van der Waals surface area (Å²) in [4.78, 5) is 23.6. The summed E-state index contributed by atoms with van der Waals surface area (Å²) in [5.41, 5.74) is 3.30. The van der Waals surface area contributed by atoms with E-state index in [0.29, 0.717) is 25.1 Å². The first-order chi connectivity index (χ1) is 14.1. The summed E-state index contributed by atoms with van der Waals surface area (Å²) in [6.07, 6.45) is 0.316. The van der Waals surface area contributed by atoms with E-state index >= 15 is 0 Å². The molecule has 0 saturated carbocycles. The van der Waals surface area contributed by atoms with Crippen LogP contribution >= 0.6 is 0 Å². The summed E-state index contributed by atoms with van der Waals surface area (Å²) in [5, 5.41) is 6.04. The average Bonchev–Trinajstić information content (AvgIpc) is 2.74. The Labute approximate surface area is 170 Å². The fraction of sp³-hybridized carbons (Fsp3) is 0.167. The molecule has 0 saturated heterocycles. The first kappa shape index (κ1) is 20.1. The van der Waals surface area contributed by atoms with E-state index in [1.807, 2.05) is 66.7 Å². The summed E-state index contributed by atoms with van der Waals surface area (Å²) in [5.74, 6) is 0.680. The average molecular weight is 388 g/mol. The van der Waals surface area contributed by atoms with Crippen molar-refractivity contribution in [1.29, 1.82) is 0 Å². The Kier molecular flexibility index (Phi) is 7.00. The van der Waals surface area contributed by atoms with Crippen molar-refractivity contribution >= 4 is 23.1 Å². The maximum Gasteiger partial charge on any atom is 0.226 e. The van der Waals surface area contributed by atoms with Gasteiger partial charge < -0.3 is 15.4 Å². The predicted octanol–water partition coefficient (Wildman–Crippen LogP) is 4.91. The molecule has 0 radical (unpaired) electrons. The van der Waals surface area contributed by atoms with Gasteiger partial charge in [-0.15, -0.1) is 0 Å². The highest BCUT2D eigenvalue weighted by atomic mass is 16.5. The lowest BCUT2D eigenvalue weighted by Crippen LogP contribution is -2.16. The molecule has 0 bridgehead atoms. The summed E-state index contributed by atoms with van der Waals surface area (Å²) >= 11 is 0. The van der Waals surface area contributed by atoms with E-state index in [0.717, 1.165) is 22.7 Å². The maximum atomic E-state index is 12.1. The molecular weight excluding hydrogens is 364 g/mol. The molecule has 3 rings (SSSR count). The third-order valence-corrected chi connectivity index (χ3v) is 4.34. The number of hydrogen-bond acceptors (Lipinski definition) is 4. The minimum absolute atomic E-state index is 0.0163. The third-order valence-electron chi connectivity index (χ3n) is 4.34. The van der Waals surface area contributed by atoms with Gasteiger partial charge in [0, 0.05) is 29.9 Å². The number of benzene rings is 3. The number of hydrogen-bond donors (Lipinski definition) is 2. The molecule has 2 N–H and O–H groups in total. The Morgan fingerprint density at radius 1 is 0.862 bits per heavy atom. The molecule has 1 amide bonds. The molecule has 29 heavy (non-hydrogen) atoms. The van der Waals surface area contributed by atoms with Gasteiger partial charge in [0.25, 0.3) is 0 Å². The number of amides is 1. The number of carbonyl (C=O) groups is 2. The van der Waals surface area contributed by atoms with Crippen molar-refractivity contribution in [3.63, 3.8) is 0 Å². The van der Waals surface area contributed by atoms with Gasteiger partial charge in [-0.3, -0.25) is 9.59 Å². The highest BCUT2D eigenvalue weighted by Crippen LogP contribution is 2.17. The second kappa shape index (κ2) is 10.1. The molecule has 0 atom stereocenters. The number of carbonyl (C=O) groups excluding carboxylic acids is 2. The van der Waals surface area contributed by atoms with Gasteiger partial charge in [0.05, 0.1) is 0 Å². The molecule has 0 aliphatic rings. The Bertz CT molecular complexity index is 953. The molecule has 0 aliphatic carbocycles. The summed E-state index contributed by atoms with van der Waals surface area (Å²) < 4.78 is 5.75. The van der Waals surface area contributed by atoms with Gasteiger partial charge >= 0.3 is 0 Å². The molecule has 0 fully saturated rings. The molecule has 5 nitrogen and oxygen atoms in total. The van der Waals surface area contributed by atoms with E-state index in [9.17, 15) is 9.59 Å². The van der Waals surface area contributed by atoms with Crippen LogP contribution in [0.15, 0.2) is 78.9 Å². The summed E-state index contributed by atoms with van der Waals surface area (Å²) in [7, 11) is 0. The van der Waals surface area contributed by atoms with Crippen molar-refractivity contribution in [1.82, 2.24) is 0 Å². The van der Waals surface area contributed by atoms with Crippen LogP contribution in [0.2, 0.25) is 0 Å². The smallest absolute Gasteiger partial charge is 0.226 e. The minimum Gasteiger partial charge on any atom is -0.489 e. The van der Waals surface area contributed by atoms with E-state index < -0.39 is 0 Å². The number of ether oxygens (including phenoxy) is 1. The van der Waals surface area contributed by atoms with Crippen LogP contribution in [0.4, 0.5) is 11.4 Å². The fourth-order valence-corrected chi connectivity index (χ4v) is 2.77. The quantitative estimate of drug-likeness (QED) is 0.511. The van der Waals surface area contributed by atoms with Crippen LogP contribution in [-0.4, -0.2) is 18.2 Å². The Hall–Kier alpha value is -3.60. The zero-order chi connectivity index (χ0) is 20.5. The highest BCUT2D eigenvalue weighted by molar-refractivity contribution is 5.95. The SMILES string of the molecule is CC(=O)c1cccc(NCCC(=O)Nc2ccc(OCc3ccccc3)cc2)c1. The molecule has 148 valence electrons. The molecule has 0 spiro atoms. The molecule has 3 aromatic rings. The van der Waals surface area contributed by atoms with Gasteiger partial charge in [0.2, 0.25) is 5.91 Å². The summed E-state index contributed by atoms with van der Waals surface area (Å²) in [6, 6.07) is 24.5. The lowest BCUT2D eigenvalue weighted by molar-refractivity contribution is -0.115. The first-order valence-electron chi connectivity index (χ1n) is 9.52. The van der Waals surface area contributed by atoms with Crippen LogP contribution in [0.5, 0.6) is 5.75 Å². The van der Waals surface area contributed by atoms with Gasteiger partial charge in [0.15, 0.2) is 5.78 Å². The van der Waals surface area contributed by atoms with Gasteiger partial charge in [-0.2, -0.15) is 0 Å². The number of anilines is 2. The van der Waals surface area contributed by atoms with Crippen LogP contribution in [0.1, 0.15) is 29.3 Å². The van der Waals surface area contributed by atoms with Crippen LogP contribution < -0.4 is 15.4 Å². The molecule has 0 aromatic heterocycles. The predicted molar refractivity (Wildman–Crippen MR) is 115 cm³/mol. The van der Waals surface area contributed by atoms with Gasteiger partial charge in [-0.05, 0) is 48.9 Å². The Morgan fingerprint density at radius 3 is 2.34 bits per heavy atom. The first-order valence-corrected chi connectivity index (χ1v) is 9.52. The van der Waals surface area contributed by atoms with E-state index in [-0.39, 0.29) is 11.7 Å². The van der Waals surface area contributed by atoms with Crippen molar-refractivity contribution in [2.75, 3.05) is 17.2 Å². The number of Topliss-reactive ketones (excluding diaryl/α,β-unsaturated/α-hetero) is 1. The van der Waals surface area contributed by atoms with Crippen LogP contribution in [0.3, 0.4) is 0 Å². The molecule has 0 aliphatic heterocycles. The maximum absolute atomic E-state index is 12.1. The lowest BCUT2D eigenvalue weighted by atomic mass is 10.1. The Morgan fingerprint density at radius 2 is 1.62 bits per heavy atom. The van der Waals surface area contributed by atoms with Crippen LogP contribution in [0.25, 0.3) is 0 Å². The van der Waals surface area contributed by atoms with E-state index in [1.165, 1.54) is 6.92 Å². The second-order valence-electron chi connectivity index (χ2n) is 6.66. The van der Waals surface area contributed by atoms with Crippen molar-refractivity contribution < 1.29 is 14.3 Å². The minimum atomic E-state index is -0.0850. The number of ketones is 1. The molecule has 0 unspecified atom stereocenters.